The van der Waals surface area contributed by atoms with E-state index >= 15 is 0 Å². The number of fused-ring (bicyclic) bond motifs is 1. The molecule has 0 bridgehead atoms. The highest BCUT2D eigenvalue weighted by Crippen LogP contribution is 2.21. The van der Waals surface area contributed by atoms with Gasteiger partial charge in [-0.05, 0) is 43.5 Å². The molecule has 0 atom stereocenters. The summed E-state index contributed by atoms with van der Waals surface area (Å²) < 4.78 is 12.3. The number of carbonyl (C=O) groups is 2. The summed E-state index contributed by atoms with van der Waals surface area (Å²) in [4.78, 5) is 29.6. The fourth-order valence-electron chi connectivity index (χ4n) is 3.22. The van der Waals surface area contributed by atoms with Crippen LogP contribution in [0.5, 0.6) is 0 Å². The van der Waals surface area contributed by atoms with Gasteiger partial charge in [0.05, 0.1) is 31.3 Å². The van der Waals surface area contributed by atoms with Gasteiger partial charge in [0.15, 0.2) is 5.82 Å². The molecule has 3 aromatic rings. The molecule has 1 aliphatic rings. The molecule has 0 unspecified atom stereocenters. The third kappa shape index (κ3) is 3.64. The van der Waals surface area contributed by atoms with Crippen molar-refractivity contribution in [2.75, 3.05) is 0 Å². The number of furan rings is 2. The lowest BCUT2D eigenvalue weighted by Crippen LogP contribution is -2.27. The Balaban J connectivity index is 1.51. The molecule has 4 rings (SSSR count). The van der Waals surface area contributed by atoms with Gasteiger partial charge in [0.25, 0.3) is 11.8 Å². The molecule has 8 nitrogen and oxygen atoms in total. The van der Waals surface area contributed by atoms with E-state index in [1.807, 2.05) is 4.57 Å². The third-order valence-corrected chi connectivity index (χ3v) is 4.54. The number of rotatable bonds is 6. The molecule has 2 amide bonds. The van der Waals surface area contributed by atoms with E-state index in [0.29, 0.717) is 23.8 Å². The minimum Gasteiger partial charge on any atom is -0.467 e. The summed E-state index contributed by atoms with van der Waals surface area (Å²) in [6.07, 6.45) is 5.76. The van der Waals surface area contributed by atoms with Crippen molar-refractivity contribution in [1.82, 2.24) is 20.2 Å². The first-order valence-corrected chi connectivity index (χ1v) is 8.93. The minimum atomic E-state index is -0.320. The Morgan fingerprint density at radius 3 is 2.30 bits per heavy atom. The predicted octanol–water partition coefficient (Wildman–Crippen LogP) is 2.27. The van der Waals surface area contributed by atoms with Crippen LogP contribution in [0.15, 0.2) is 45.6 Å². The van der Waals surface area contributed by atoms with Crippen molar-refractivity contribution in [3.8, 4) is 0 Å². The maximum Gasteiger partial charge on any atom is 0.287 e. The molecule has 4 heterocycles. The number of nitrogens with zero attached hydrogens (tertiary/aromatic N) is 2. The highest BCUT2D eigenvalue weighted by molar-refractivity contribution is 5.97. The van der Waals surface area contributed by atoms with Crippen LogP contribution in [0.4, 0.5) is 0 Å². The third-order valence-electron chi connectivity index (χ3n) is 4.54. The van der Waals surface area contributed by atoms with Gasteiger partial charge < -0.3 is 24.0 Å². The van der Waals surface area contributed by atoms with Crippen molar-refractivity contribution in [3.63, 3.8) is 0 Å². The predicted molar refractivity (Wildman–Crippen MR) is 94.9 cm³/mol. The molecule has 0 aromatic carbocycles. The van der Waals surface area contributed by atoms with E-state index in [9.17, 15) is 9.59 Å². The van der Waals surface area contributed by atoms with E-state index < -0.39 is 0 Å². The van der Waals surface area contributed by atoms with E-state index in [4.69, 9.17) is 8.83 Å². The number of imidazole rings is 1. The average Bonchev–Trinajstić information content (AvgIpc) is 3.45. The van der Waals surface area contributed by atoms with E-state index in [1.54, 1.807) is 36.8 Å². The Morgan fingerprint density at radius 2 is 1.67 bits per heavy atom. The zero-order chi connectivity index (χ0) is 18.6. The fourth-order valence-corrected chi connectivity index (χ4v) is 3.22. The summed E-state index contributed by atoms with van der Waals surface area (Å²) in [7, 11) is 0. The van der Waals surface area contributed by atoms with E-state index in [2.05, 4.69) is 15.6 Å². The number of aromatic nitrogens is 2. The highest BCUT2D eigenvalue weighted by atomic mass is 16.3. The molecule has 1 aliphatic heterocycles. The van der Waals surface area contributed by atoms with Crippen molar-refractivity contribution < 1.29 is 18.4 Å². The SMILES string of the molecule is O=C(NCc1ccco1)c1nc(C(=O)NCc2ccco2)n2c1CCCC2. The standard InChI is InChI=1S/C19H20N4O4/c24-18(20-11-13-5-3-9-26-13)16-15-7-1-2-8-23(15)17(22-16)19(25)21-12-14-6-4-10-27-14/h3-6,9-10H,1-2,7-8,11-12H2,(H,20,24)(H,21,25). The van der Waals surface area contributed by atoms with Crippen LogP contribution in [0, 0.1) is 0 Å². The molecule has 3 aromatic heterocycles. The monoisotopic (exact) mass is 368 g/mol. The normalized spacial score (nSPS) is 13.2. The van der Waals surface area contributed by atoms with Crippen LogP contribution in [0.3, 0.4) is 0 Å². The molecule has 0 radical (unpaired) electrons. The Kier molecular flexibility index (Phi) is 4.78. The second-order valence-electron chi connectivity index (χ2n) is 6.36. The van der Waals surface area contributed by atoms with E-state index in [1.165, 1.54) is 0 Å². The number of hydrogen-bond acceptors (Lipinski definition) is 5. The van der Waals surface area contributed by atoms with Gasteiger partial charge >= 0.3 is 0 Å². The summed E-state index contributed by atoms with van der Waals surface area (Å²) in [5.41, 5.74) is 1.12. The number of hydrogen-bond donors (Lipinski definition) is 2. The van der Waals surface area contributed by atoms with Crippen molar-refractivity contribution in [2.24, 2.45) is 0 Å². The maximum absolute atomic E-state index is 12.6. The summed E-state index contributed by atoms with van der Waals surface area (Å²) in [6.45, 7) is 1.23. The largest absolute Gasteiger partial charge is 0.467 e. The molecule has 0 spiro atoms. The maximum atomic E-state index is 12.6. The van der Waals surface area contributed by atoms with E-state index in [0.717, 1.165) is 25.0 Å². The zero-order valence-corrected chi connectivity index (χ0v) is 14.7. The second kappa shape index (κ2) is 7.53. The molecule has 140 valence electrons. The molecule has 8 heteroatoms. The lowest BCUT2D eigenvalue weighted by molar-refractivity contribution is 0.0932. The minimum absolute atomic E-state index is 0.263. The lowest BCUT2D eigenvalue weighted by Gasteiger charge is -2.17. The van der Waals surface area contributed by atoms with Crippen molar-refractivity contribution in [2.45, 2.75) is 38.9 Å². The molecule has 2 N–H and O–H groups in total. The van der Waals surface area contributed by atoms with Gasteiger partial charge in [-0.15, -0.1) is 0 Å². The smallest absolute Gasteiger partial charge is 0.287 e. The first-order valence-electron chi connectivity index (χ1n) is 8.93. The van der Waals surface area contributed by atoms with Crippen molar-refractivity contribution in [1.29, 1.82) is 0 Å². The van der Waals surface area contributed by atoms with Crippen molar-refractivity contribution >= 4 is 11.8 Å². The first-order chi connectivity index (χ1) is 13.2. The van der Waals surface area contributed by atoms with Gasteiger partial charge in [-0.3, -0.25) is 9.59 Å². The van der Waals surface area contributed by atoms with Gasteiger partial charge in [-0.2, -0.15) is 0 Å². The first kappa shape index (κ1) is 17.1. The molecule has 0 fully saturated rings. The molecule has 0 saturated carbocycles. The average molecular weight is 368 g/mol. The van der Waals surface area contributed by atoms with Crippen LogP contribution in [0.1, 0.15) is 51.2 Å². The van der Waals surface area contributed by atoms with Gasteiger partial charge in [0.1, 0.15) is 17.2 Å². The Hall–Kier alpha value is -3.29. The van der Waals surface area contributed by atoms with Crippen LogP contribution in [-0.4, -0.2) is 21.4 Å². The van der Waals surface area contributed by atoms with Crippen LogP contribution < -0.4 is 10.6 Å². The van der Waals surface area contributed by atoms with Gasteiger partial charge in [0.2, 0.25) is 0 Å². The molecule has 0 aliphatic carbocycles. The Morgan fingerprint density at radius 1 is 1.00 bits per heavy atom. The van der Waals surface area contributed by atoms with Gasteiger partial charge in [-0.1, -0.05) is 0 Å². The Labute approximate surface area is 155 Å². The summed E-state index contributed by atoms with van der Waals surface area (Å²) in [6, 6.07) is 7.10. The quantitative estimate of drug-likeness (QED) is 0.695. The molecule has 0 saturated heterocycles. The molecular formula is C19H20N4O4. The molecular weight excluding hydrogens is 348 g/mol. The second-order valence-corrected chi connectivity index (χ2v) is 6.36. The zero-order valence-electron chi connectivity index (χ0n) is 14.7. The summed E-state index contributed by atoms with van der Waals surface area (Å²) in [5, 5.41) is 5.60. The van der Waals surface area contributed by atoms with Crippen LogP contribution >= 0.6 is 0 Å². The fraction of sp³-hybridized carbons (Fsp3) is 0.316. The van der Waals surface area contributed by atoms with Gasteiger partial charge in [0, 0.05) is 6.54 Å². The van der Waals surface area contributed by atoms with Gasteiger partial charge in [-0.25, -0.2) is 4.98 Å². The van der Waals surface area contributed by atoms with Crippen LogP contribution in [0.2, 0.25) is 0 Å². The number of nitrogens with one attached hydrogen (secondary N) is 2. The Bertz CT molecular complexity index is 851. The van der Waals surface area contributed by atoms with Crippen LogP contribution in [-0.2, 0) is 26.1 Å². The topological polar surface area (TPSA) is 102 Å². The van der Waals surface area contributed by atoms with Crippen molar-refractivity contribution in [3.05, 3.63) is 65.5 Å². The summed E-state index contributed by atoms with van der Waals surface area (Å²) >= 11 is 0. The summed E-state index contributed by atoms with van der Waals surface area (Å²) in [5.74, 6) is 0.958. The number of amides is 2. The molecule has 27 heavy (non-hydrogen) atoms. The lowest BCUT2D eigenvalue weighted by atomic mass is 10.1. The van der Waals surface area contributed by atoms with E-state index in [-0.39, 0.29) is 30.7 Å². The van der Waals surface area contributed by atoms with Crippen LogP contribution in [0.25, 0.3) is 0 Å². The number of carbonyl (C=O) groups excluding carboxylic acids is 2. The highest BCUT2D eigenvalue weighted by Gasteiger charge is 2.27.